The van der Waals surface area contributed by atoms with E-state index in [0.717, 1.165) is 22.3 Å². The number of pyridine rings is 1. The minimum atomic E-state index is 0.539. The predicted octanol–water partition coefficient (Wildman–Crippen LogP) is 4.82. The lowest BCUT2D eigenvalue weighted by Gasteiger charge is -2.09. The number of nitrogens with zero attached hydrogens (tertiary/aromatic N) is 2. The fraction of sp³-hybridized carbons (Fsp3) is 0.273. The molecule has 0 aliphatic carbocycles. The Kier molecular flexibility index (Phi) is 5.12. The van der Waals surface area contributed by atoms with Crippen LogP contribution in [0.25, 0.3) is 0 Å². The van der Waals surface area contributed by atoms with E-state index in [-0.39, 0.29) is 0 Å². The second kappa shape index (κ2) is 6.61. The van der Waals surface area contributed by atoms with Crippen molar-refractivity contribution in [2.45, 2.75) is 22.7 Å². The lowest BCUT2D eigenvalue weighted by Crippen LogP contribution is -2.03. The van der Waals surface area contributed by atoms with Crippen LogP contribution in [0.15, 0.2) is 27.0 Å². The molecule has 0 bridgehead atoms. The Bertz CT molecular complexity index is 517. The van der Waals surface area contributed by atoms with Crippen molar-refractivity contribution in [1.82, 2.24) is 9.97 Å². The number of thiazole rings is 1. The van der Waals surface area contributed by atoms with Crippen molar-refractivity contribution in [2.75, 3.05) is 11.9 Å². The largest absolute Gasteiger partial charge is 0.369 e. The summed E-state index contributed by atoms with van der Waals surface area (Å²) in [6.07, 6.45) is 2.77. The molecule has 2 aromatic rings. The molecular weight excluding hydrogens is 309 g/mol. The highest BCUT2D eigenvalue weighted by molar-refractivity contribution is 8.01. The molecule has 3 nitrogen and oxygen atoms in total. The van der Waals surface area contributed by atoms with Gasteiger partial charge in [0.25, 0.3) is 0 Å². The number of hydrogen-bond donors (Lipinski definition) is 1. The smallest absolute Gasteiger partial charge is 0.156 e. The SMILES string of the molecule is CCCNc1nc(Sc2nccs2)c(Cl)cc1Cl. The van der Waals surface area contributed by atoms with Gasteiger partial charge in [-0.25, -0.2) is 9.97 Å². The summed E-state index contributed by atoms with van der Waals surface area (Å²) >= 11 is 15.2. The molecule has 0 fully saturated rings. The molecule has 0 spiro atoms. The van der Waals surface area contributed by atoms with Crippen LogP contribution in [-0.2, 0) is 0 Å². The monoisotopic (exact) mass is 319 g/mol. The van der Waals surface area contributed by atoms with Gasteiger partial charge in [0, 0.05) is 18.1 Å². The Labute approximate surface area is 124 Å². The normalized spacial score (nSPS) is 10.6. The Morgan fingerprint density at radius 2 is 2.22 bits per heavy atom. The average Bonchev–Trinajstić information content (AvgIpc) is 2.84. The summed E-state index contributed by atoms with van der Waals surface area (Å²) in [4.78, 5) is 8.64. The second-order valence-electron chi connectivity index (χ2n) is 3.43. The molecule has 0 aliphatic rings. The number of anilines is 1. The number of hydrogen-bond acceptors (Lipinski definition) is 5. The highest BCUT2D eigenvalue weighted by Crippen LogP contribution is 2.36. The summed E-state index contributed by atoms with van der Waals surface area (Å²) in [7, 11) is 0. The van der Waals surface area contributed by atoms with E-state index < -0.39 is 0 Å². The maximum atomic E-state index is 6.13. The van der Waals surface area contributed by atoms with Gasteiger partial charge in [-0.05, 0) is 24.2 Å². The minimum absolute atomic E-state index is 0.539. The van der Waals surface area contributed by atoms with Crippen molar-refractivity contribution in [1.29, 1.82) is 0 Å². The minimum Gasteiger partial charge on any atom is -0.369 e. The van der Waals surface area contributed by atoms with Gasteiger partial charge in [-0.2, -0.15) is 0 Å². The lowest BCUT2D eigenvalue weighted by molar-refractivity contribution is 0.960. The molecule has 1 N–H and O–H groups in total. The number of aromatic nitrogens is 2. The molecule has 2 aromatic heterocycles. The van der Waals surface area contributed by atoms with Gasteiger partial charge in [-0.15, -0.1) is 11.3 Å². The van der Waals surface area contributed by atoms with Crippen LogP contribution in [0.4, 0.5) is 5.82 Å². The first-order valence-electron chi connectivity index (χ1n) is 5.38. The van der Waals surface area contributed by atoms with E-state index in [1.54, 1.807) is 23.6 Å². The molecule has 96 valence electrons. The molecule has 0 atom stereocenters. The maximum Gasteiger partial charge on any atom is 0.156 e. The Morgan fingerprint density at radius 3 is 2.89 bits per heavy atom. The van der Waals surface area contributed by atoms with Crippen molar-refractivity contribution in [2.24, 2.45) is 0 Å². The van der Waals surface area contributed by atoms with E-state index in [1.165, 1.54) is 11.8 Å². The van der Waals surface area contributed by atoms with Crippen LogP contribution in [-0.4, -0.2) is 16.5 Å². The molecule has 0 radical (unpaired) electrons. The fourth-order valence-corrected chi connectivity index (χ4v) is 3.30. The van der Waals surface area contributed by atoms with Crippen LogP contribution < -0.4 is 5.32 Å². The summed E-state index contributed by atoms with van der Waals surface area (Å²) in [6, 6.07) is 1.71. The molecule has 0 saturated carbocycles. The quantitative estimate of drug-likeness (QED) is 0.857. The first-order valence-corrected chi connectivity index (χ1v) is 7.83. The number of rotatable bonds is 5. The van der Waals surface area contributed by atoms with Crippen molar-refractivity contribution in [3.05, 3.63) is 27.7 Å². The third-order valence-corrected chi connectivity index (χ3v) is 4.61. The zero-order valence-corrected chi connectivity index (χ0v) is 12.8. The lowest BCUT2D eigenvalue weighted by atomic mass is 10.4. The zero-order valence-electron chi connectivity index (χ0n) is 9.61. The highest BCUT2D eigenvalue weighted by atomic mass is 35.5. The standard InChI is InChI=1S/C11H11Cl2N3S2/c1-2-3-14-9-7(12)6-8(13)10(16-9)18-11-15-4-5-17-11/h4-6H,2-3H2,1H3,(H,14,16). The predicted molar refractivity (Wildman–Crippen MR) is 79.3 cm³/mol. The van der Waals surface area contributed by atoms with E-state index in [9.17, 15) is 0 Å². The molecule has 0 saturated heterocycles. The van der Waals surface area contributed by atoms with Gasteiger partial charge in [0.1, 0.15) is 10.8 Å². The van der Waals surface area contributed by atoms with Gasteiger partial charge < -0.3 is 5.32 Å². The van der Waals surface area contributed by atoms with Crippen LogP contribution in [0.3, 0.4) is 0 Å². The Morgan fingerprint density at radius 1 is 1.39 bits per heavy atom. The fourth-order valence-electron chi connectivity index (χ4n) is 1.23. The summed E-state index contributed by atoms with van der Waals surface area (Å²) in [5, 5.41) is 6.90. The second-order valence-corrected chi connectivity index (χ2v) is 6.38. The Hall–Kier alpha value is -0.490. The van der Waals surface area contributed by atoms with Gasteiger partial charge in [-0.3, -0.25) is 0 Å². The van der Waals surface area contributed by atoms with Gasteiger partial charge in [0.15, 0.2) is 4.34 Å². The highest BCUT2D eigenvalue weighted by Gasteiger charge is 2.11. The maximum absolute atomic E-state index is 6.13. The summed E-state index contributed by atoms with van der Waals surface area (Å²) in [5.41, 5.74) is 0. The van der Waals surface area contributed by atoms with Crippen LogP contribution in [0.2, 0.25) is 10.0 Å². The zero-order chi connectivity index (χ0) is 13.0. The van der Waals surface area contributed by atoms with Crippen molar-refractivity contribution in [3.8, 4) is 0 Å². The van der Waals surface area contributed by atoms with Crippen molar-refractivity contribution in [3.63, 3.8) is 0 Å². The van der Waals surface area contributed by atoms with Crippen molar-refractivity contribution < 1.29 is 0 Å². The molecule has 18 heavy (non-hydrogen) atoms. The van der Waals surface area contributed by atoms with Gasteiger partial charge in [0.05, 0.1) is 10.0 Å². The Balaban J connectivity index is 2.23. The molecule has 0 amide bonds. The van der Waals surface area contributed by atoms with E-state index in [1.807, 2.05) is 5.38 Å². The molecular formula is C11H11Cl2N3S2. The van der Waals surface area contributed by atoms with Gasteiger partial charge in [0.2, 0.25) is 0 Å². The topological polar surface area (TPSA) is 37.8 Å². The number of halogens is 2. The van der Waals surface area contributed by atoms with E-state index in [0.29, 0.717) is 15.9 Å². The summed E-state index contributed by atoms with van der Waals surface area (Å²) < 4.78 is 0.910. The molecule has 0 aromatic carbocycles. The van der Waals surface area contributed by atoms with Crippen LogP contribution in [0.5, 0.6) is 0 Å². The van der Waals surface area contributed by atoms with Gasteiger partial charge >= 0.3 is 0 Å². The number of nitrogens with one attached hydrogen (secondary N) is 1. The molecule has 0 aliphatic heterocycles. The molecule has 0 unspecified atom stereocenters. The summed E-state index contributed by atoms with van der Waals surface area (Å²) in [5.74, 6) is 0.668. The van der Waals surface area contributed by atoms with Gasteiger partial charge in [-0.1, -0.05) is 30.1 Å². The molecule has 2 heterocycles. The average molecular weight is 320 g/mol. The first kappa shape index (κ1) is 13.9. The molecule has 7 heteroatoms. The van der Waals surface area contributed by atoms with Crippen LogP contribution in [0.1, 0.15) is 13.3 Å². The van der Waals surface area contributed by atoms with Crippen LogP contribution in [0, 0.1) is 0 Å². The van der Waals surface area contributed by atoms with Crippen molar-refractivity contribution >= 4 is 52.1 Å². The van der Waals surface area contributed by atoms with E-state index >= 15 is 0 Å². The third-order valence-electron chi connectivity index (χ3n) is 2.03. The van der Waals surface area contributed by atoms with E-state index in [2.05, 4.69) is 22.2 Å². The van der Waals surface area contributed by atoms with E-state index in [4.69, 9.17) is 23.2 Å². The summed E-state index contributed by atoms with van der Waals surface area (Å²) in [6.45, 7) is 2.91. The molecule has 2 rings (SSSR count). The van der Waals surface area contributed by atoms with Crippen LogP contribution >= 0.6 is 46.3 Å². The third kappa shape index (κ3) is 3.51. The first-order chi connectivity index (χ1) is 8.70.